The fourth-order valence-corrected chi connectivity index (χ4v) is 4.40. The van der Waals surface area contributed by atoms with Crippen LogP contribution in [0.3, 0.4) is 0 Å². The van der Waals surface area contributed by atoms with Crippen LogP contribution < -0.4 is 10.5 Å². The monoisotopic (exact) mass is 302 g/mol. The number of sulfonamides is 1. The predicted octanol–water partition coefficient (Wildman–Crippen LogP) is 1.77. The van der Waals surface area contributed by atoms with E-state index < -0.39 is 10.0 Å². The van der Waals surface area contributed by atoms with Gasteiger partial charge in [0, 0.05) is 10.9 Å². The Balaban J connectivity index is 2.23. The highest BCUT2D eigenvalue weighted by molar-refractivity contribution is 7.91. The van der Waals surface area contributed by atoms with Crippen molar-refractivity contribution in [1.29, 1.82) is 0 Å². The number of nitrogens with two attached hydrogens (primary N) is 1. The molecule has 1 heterocycles. The smallest absolute Gasteiger partial charge is 0.252 e. The topological polar surface area (TPSA) is 89.3 Å². The molecule has 5 nitrogen and oxygen atoms in total. The summed E-state index contributed by atoms with van der Waals surface area (Å²) in [5, 5.41) is 9.71. The third-order valence-electron chi connectivity index (χ3n) is 3.86. The highest BCUT2D eigenvalue weighted by Crippen LogP contribution is 2.35. The van der Waals surface area contributed by atoms with Crippen LogP contribution in [0.4, 0.5) is 0 Å². The third-order valence-corrected chi connectivity index (χ3v) is 6.55. The van der Waals surface area contributed by atoms with E-state index in [9.17, 15) is 13.2 Å². The van der Waals surface area contributed by atoms with Crippen molar-refractivity contribution in [2.24, 2.45) is 5.14 Å². The van der Waals surface area contributed by atoms with Crippen LogP contribution in [-0.2, 0) is 10.0 Å². The molecule has 0 aliphatic heterocycles. The molecule has 1 aromatic heterocycles. The van der Waals surface area contributed by atoms with Crippen LogP contribution in [0.5, 0.6) is 0 Å². The molecule has 0 saturated heterocycles. The molecule has 7 heteroatoms. The number of nitrogens with one attached hydrogen (secondary N) is 1. The quantitative estimate of drug-likeness (QED) is 0.888. The van der Waals surface area contributed by atoms with E-state index in [0.29, 0.717) is 11.1 Å². The molecule has 1 fully saturated rings. The predicted molar refractivity (Wildman–Crippen MR) is 74.8 cm³/mol. The minimum Gasteiger partial charge on any atom is -0.347 e. The lowest BCUT2D eigenvalue weighted by atomic mass is 9.74. The molecule has 1 amide bonds. The van der Waals surface area contributed by atoms with E-state index in [4.69, 9.17) is 5.14 Å². The second-order valence-corrected chi connectivity index (χ2v) is 7.68. The molecule has 1 aliphatic carbocycles. The first-order valence-electron chi connectivity index (χ1n) is 6.22. The molecule has 1 aromatic rings. The number of primary sulfonamides is 1. The summed E-state index contributed by atoms with van der Waals surface area (Å²) in [6.07, 6.45) is 3.99. The SMILES string of the molecule is CCC1(NC(=O)c2csc(S(N)(=O)=O)c2C)CCC1. The highest BCUT2D eigenvalue weighted by Gasteiger charge is 2.37. The van der Waals surface area contributed by atoms with Crippen LogP contribution in [0.25, 0.3) is 0 Å². The Hall–Kier alpha value is -0.920. The number of hydrogen-bond acceptors (Lipinski definition) is 4. The molecule has 0 radical (unpaired) electrons. The van der Waals surface area contributed by atoms with Crippen molar-refractivity contribution in [1.82, 2.24) is 5.32 Å². The van der Waals surface area contributed by atoms with Gasteiger partial charge >= 0.3 is 0 Å². The number of carbonyl (C=O) groups is 1. The second-order valence-electron chi connectivity index (χ2n) is 5.05. The fourth-order valence-electron chi connectivity index (χ4n) is 2.38. The van der Waals surface area contributed by atoms with E-state index in [-0.39, 0.29) is 15.7 Å². The molecule has 0 unspecified atom stereocenters. The third kappa shape index (κ3) is 2.68. The van der Waals surface area contributed by atoms with Gasteiger partial charge in [-0.1, -0.05) is 6.92 Å². The molecule has 0 aromatic carbocycles. The zero-order valence-corrected chi connectivity index (χ0v) is 12.7. The highest BCUT2D eigenvalue weighted by atomic mass is 32.2. The van der Waals surface area contributed by atoms with Crippen molar-refractivity contribution >= 4 is 27.3 Å². The Morgan fingerprint density at radius 3 is 2.53 bits per heavy atom. The van der Waals surface area contributed by atoms with Gasteiger partial charge in [0.15, 0.2) is 0 Å². The van der Waals surface area contributed by atoms with Crippen LogP contribution in [0.15, 0.2) is 9.59 Å². The summed E-state index contributed by atoms with van der Waals surface area (Å²) in [7, 11) is -3.75. The van der Waals surface area contributed by atoms with Crippen LogP contribution in [0.2, 0.25) is 0 Å². The number of carbonyl (C=O) groups excluding carboxylic acids is 1. The van der Waals surface area contributed by atoms with Gasteiger partial charge < -0.3 is 5.32 Å². The summed E-state index contributed by atoms with van der Waals surface area (Å²) < 4.78 is 22.8. The lowest BCUT2D eigenvalue weighted by Gasteiger charge is -2.42. The Morgan fingerprint density at radius 1 is 1.53 bits per heavy atom. The van der Waals surface area contributed by atoms with Gasteiger partial charge in [-0.05, 0) is 38.2 Å². The standard InChI is InChI=1S/C12H18N2O3S2/c1-3-12(5-4-6-12)14-10(15)9-7-18-11(8(9)2)19(13,16)17/h7H,3-6H2,1-2H3,(H,14,15)(H2,13,16,17). The van der Waals surface area contributed by atoms with E-state index in [0.717, 1.165) is 37.0 Å². The summed E-state index contributed by atoms with van der Waals surface area (Å²) in [6.45, 7) is 3.67. The number of rotatable bonds is 4. The number of hydrogen-bond donors (Lipinski definition) is 2. The van der Waals surface area contributed by atoms with Crippen molar-refractivity contribution in [3.05, 3.63) is 16.5 Å². The molecule has 0 bridgehead atoms. The van der Waals surface area contributed by atoms with Crippen LogP contribution in [0, 0.1) is 6.92 Å². The van der Waals surface area contributed by atoms with E-state index in [1.54, 1.807) is 12.3 Å². The minimum absolute atomic E-state index is 0.0665. The number of amides is 1. The van der Waals surface area contributed by atoms with Gasteiger partial charge in [0.05, 0.1) is 5.56 Å². The average Bonchev–Trinajstić information content (AvgIpc) is 2.65. The van der Waals surface area contributed by atoms with Gasteiger partial charge in [-0.25, -0.2) is 13.6 Å². The molecule has 19 heavy (non-hydrogen) atoms. The molecule has 1 aliphatic rings. The summed E-state index contributed by atoms with van der Waals surface area (Å²) in [5.41, 5.74) is 0.747. The van der Waals surface area contributed by atoms with Crippen LogP contribution in [-0.4, -0.2) is 19.9 Å². The molecule has 3 N–H and O–H groups in total. The maximum Gasteiger partial charge on any atom is 0.252 e. The van der Waals surface area contributed by atoms with Crippen molar-refractivity contribution in [3.63, 3.8) is 0 Å². The first-order valence-corrected chi connectivity index (χ1v) is 8.65. The van der Waals surface area contributed by atoms with Crippen molar-refractivity contribution in [2.45, 2.75) is 49.3 Å². The molecule has 2 rings (SSSR count). The summed E-state index contributed by atoms with van der Waals surface area (Å²) >= 11 is 0.997. The zero-order valence-electron chi connectivity index (χ0n) is 11.0. The maximum absolute atomic E-state index is 12.2. The van der Waals surface area contributed by atoms with Crippen molar-refractivity contribution in [2.75, 3.05) is 0 Å². The minimum atomic E-state index is -3.75. The van der Waals surface area contributed by atoms with Crippen LogP contribution >= 0.6 is 11.3 Å². The average molecular weight is 302 g/mol. The largest absolute Gasteiger partial charge is 0.347 e. The molecule has 106 valence electrons. The fraction of sp³-hybridized carbons (Fsp3) is 0.583. The first kappa shape index (κ1) is 14.5. The zero-order chi connectivity index (χ0) is 14.3. The molecular formula is C12H18N2O3S2. The van der Waals surface area contributed by atoms with Gasteiger partial charge in [0.2, 0.25) is 10.0 Å². The molecule has 0 atom stereocenters. The molecular weight excluding hydrogens is 284 g/mol. The molecule has 0 spiro atoms. The lowest BCUT2D eigenvalue weighted by Crippen LogP contribution is -2.53. The second kappa shape index (κ2) is 4.88. The van der Waals surface area contributed by atoms with Crippen molar-refractivity contribution in [3.8, 4) is 0 Å². The van der Waals surface area contributed by atoms with Gasteiger partial charge in [0.25, 0.3) is 5.91 Å². The van der Waals surface area contributed by atoms with E-state index in [1.807, 2.05) is 0 Å². The van der Waals surface area contributed by atoms with E-state index in [1.165, 1.54) is 0 Å². The Bertz CT molecular complexity index is 595. The molecule has 1 saturated carbocycles. The van der Waals surface area contributed by atoms with Gasteiger partial charge in [-0.15, -0.1) is 11.3 Å². The number of thiophene rings is 1. The Morgan fingerprint density at radius 2 is 2.16 bits per heavy atom. The summed E-state index contributed by atoms with van der Waals surface area (Å²) in [5.74, 6) is -0.204. The van der Waals surface area contributed by atoms with E-state index >= 15 is 0 Å². The van der Waals surface area contributed by atoms with Gasteiger partial charge in [0.1, 0.15) is 4.21 Å². The van der Waals surface area contributed by atoms with E-state index in [2.05, 4.69) is 12.2 Å². The van der Waals surface area contributed by atoms with Crippen LogP contribution in [0.1, 0.15) is 48.5 Å². The Kier molecular flexibility index (Phi) is 3.72. The Labute approximate surface area is 117 Å². The summed E-state index contributed by atoms with van der Waals surface area (Å²) in [4.78, 5) is 12.2. The maximum atomic E-state index is 12.2. The lowest BCUT2D eigenvalue weighted by molar-refractivity contribution is 0.0820. The normalized spacial score (nSPS) is 17.8. The van der Waals surface area contributed by atoms with Gasteiger partial charge in [-0.3, -0.25) is 4.79 Å². The van der Waals surface area contributed by atoms with Crippen molar-refractivity contribution < 1.29 is 13.2 Å². The summed E-state index contributed by atoms with van der Waals surface area (Å²) in [6, 6.07) is 0. The van der Waals surface area contributed by atoms with Gasteiger partial charge in [-0.2, -0.15) is 0 Å². The first-order chi connectivity index (χ1) is 8.79.